The van der Waals surface area contributed by atoms with Gasteiger partial charge in [0.2, 0.25) is 0 Å². The minimum atomic E-state index is 0.697. The van der Waals surface area contributed by atoms with E-state index in [2.05, 4.69) is 36.7 Å². The second-order valence-corrected chi connectivity index (χ2v) is 6.68. The lowest BCUT2D eigenvalue weighted by atomic mass is 9.76. The lowest BCUT2D eigenvalue weighted by molar-refractivity contribution is 0.209. The monoisotopic (exact) mass is 265 g/mol. The van der Waals surface area contributed by atoms with E-state index in [1.54, 1.807) is 4.88 Å². The van der Waals surface area contributed by atoms with Crippen LogP contribution in [0.1, 0.15) is 50.8 Å². The Bertz CT molecular complexity index is 320. The van der Waals surface area contributed by atoms with Gasteiger partial charge in [-0.25, -0.2) is 0 Å². The molecule has 0 bridgehead atoms. The molecule has 0 radical (unpaired) electrons. The molecule has 3 atom stereocenters. The van der Waals surface area contributed by atoms with E-state index in [4.69, 9.17) is 0 Å². The van der Waals surface area contributed by atoms with E-state index in [-0.39, 0.29) is 0 Å². The van der Waals surface area contributed by atoms with Crippen molar-refractivity contribution in [2.45, 2.75) is 58.4 Å². The van der Waals surface area contributed by atoms with Crippen LogP contribution in [0.5, 0.6) is 0 Å². The molecule has 102 valence electrons. The second kappa shape index (κ2) is 7.30. The molecule has 1 fully saturated rings. The van der Waals surface area contributed by atoms with Crippen molar-refractivity contribution in [1.29, 1.82) is 0 Å². The molecule has 1 N–H and O–H groups in total. The fraction of sp³-hybridized carbons (Fsp3) is 0.750. The van der Waals surface area contributed by atoms with E-state index in [9.17, 15) is 0 Å². The zero-order chi connectivity index (χ0) is 12.8. The predicted octanol–water partition coefficient (Wildman–Crippen LogP) is 4.49. The first kappa shape index (κ1) is 14.1. The predicted molar refractivity (Wildman–Crippen MR) is 81.2 cm³/mol. The Morgan fingerprint density at radius 1 is 1.39 bits per heavy atom. The molecule has 1 heterocycles. The average molecular weight is 265 g/mol. The van der Waals surface area contributed by atoms with Crippen LogP contribution in [0.15, 0.2) is 17.5 Å². The molecule has 3 unspecified atom stereocenters. The zero-order valence-electron chi connectivity index (χ0n) is 11.8. The van der Waals surface area contributed by atoms with E-state index in [1.807, 2.05) is 11.3 Å². The molecule has 0 amide bonds. The van der Waals surface area contributed by atoms with Crippen LogP contribution in [0.3, 0.4) is 0 Å². The van der Waals surface area contributed by atoms with Crippen molar-refractivity contribution in [3.05, 3.63) is 22.4 Å². The first-order valence-electron chi connectivity index (χ1n) is 7.59. The molecule has 2 heteroatoms. The van der Waals surface area contributed by atoms with Crippen LogP contribution in [0, 0.1) is 11.8 Å². The van der Waals surface area contributed by atoms with Gasteiger partial charge in [0.25, 0.3) is 0 Å². The van der Waals surface area contributed by atoms with Crippen molar-refractivity contribution < 1.29 is 0 Å². The van der Waals surface area contributed by atoms with E-state index >= 15 is 0 Å². The number of rotatable bonds is 6. The van der Waals surface area contributed by atoms with Crippen molar-refractivity contribution in [3.63, 3.8) is 0 Å². The molecule has 1 aliphatic rings. The molecule has 1 nitrogen and oxygen atoms in total. The van der Waals surface area contributed by atoms with Crippen LogP contribution < -0.4 is 5.32 Å². The average Bonchev–Trinajstić information content (AvgIpc) is 2.91. The number of hydrogen-bond donors (Lipinski definition) is 1. The third-order valence-corrected chi connectivity index (χ3v) is 5.34. The van der Waals surface area contributed by atoms with Crippen molar-refractivity contribution >= 4 is 11.3 Å². The molecule has 0 aliphatic heterocycles. The normalized spacial score (nSPS) is 26.1. The van der Waals surface area contributed by atoms with E-state index in [1.165, 1.54) is 38.5 Å². The summed E-state index contributed by atoms with van der Waals surface area (Å²) in [4.78, 5) is 1.54. The fourth-order valence-electron chi connectivity index (χ4n) is 3.38. The van der Waals surface area contributed by atoms with Crippen molar-refractivity contribution in [2.24, 2.45) is 11.8 Å². The Morgan fingerprint density at radius 3 is 2.94 bits per heavy atom. The van der Waals surface area contributed by atoms with Gasteiger partial charge in [-0.15, -0.1) is 11.3 Å². The summed E-state index contributed by atoms with van der Waals surface area (Å²) in [6.07, 6.45) is 8.38. The van der Waals surface area contributed by atoms with Crippen LogP contribution in [-0.4, -0.2) is 12.6 Å². The summed E-state index contributed by atoms with van der Waals surface area (Å²) in [7, 11) is 0. The Balaban J connectivity index is 1.95. The maximum Gasteiger partial charge on any atom is 0.0144 e. The molecule has 1 aromatic rings. The van der Waals surface area contributed by atoms with Gasteiger partial charge in [0, 0.05) is 10.9 Å². The van der Waals surface area contributed by atoms with Gasteiger partial charge in [-0.1, -0.05) is 39.2 Å². The van der Waals surface area contributed by atoms with Crippen LogP contribution >= 0.6 is 11.3 Å². The van der Waals surface area contributed by atoms with Gasteiger partial charge >= 0.3 is 0 Å². The summed E-state index contributed by atoms with van der Waals surface area (Å²) >= 11 is 1.91. The maximum absolute atomic E-state index is 3.74. The number of likely N-dealkylation sites (N-methyl/N-ethyl adjacent to an activating group) is 1. The van der Waals surface area contributed by atoms with Gasteiger partial charge in [0.1, 0.15) is 0 Å². The van der Waals surface area contributed by atoms with Gasteiger partial charge in [0.15, 0.2) is 0 Å². The van der Waals surface area contributed by atoms with Crippen LogP contribution in [0.25, 0.3) is 0 Å². The molecule has 0 saturated heterocycles. The standard InChI is InChI=1S/C16H27NS/c1-3-13-7-5-8-14(11-13)16(17-4-2)12-15-9-6-10-18-15/h6,9-10,13-14,16-17H,3-5,7-8,11-12H2,1-2H3. The summed E-state index contributed by atoms with van der Waals surface area (Å²) in [5, 5.41) is 5.94. The van der Waals surface area contributed by atoms with Gasteiger partial charge in [-0.05, 0) is 49.1 Å². The quantitative estimate of drug-likeness (QED) is 0.799. The summed E-state index contributed by atoms with van der Waals surface area (Å²) in [6, 6.07) is 5.16. The smallest absolute Gasteiger partial charge is 0.0144 e. The van der Waals surface area contributed by atoms with Gasteiger partial charge in [0.05, 0.1) is 0 Å². The fourth-order valence-corrected chi connectivity index (χ4v) is 4.15. The summed E-state index contributed by atoms with van der Waals surface area (Å²) in [5.41, 5.74) is 0. The van der Waals surface area contributed by atoms with Gasteiger partial charge in [-0.2, -0.15) is 0 Å². The minimum absolute atomic E-state index is 0.697. The zero-order valence-corrected chi connectivity index (χ0v) is 12.6. The first-order chi connectivity index (χ1) is 8.83. The van der Waals surface area contributed by atoms with Crippen molar-refractivity contribution in [3.8, 4) is 0 Å². The minimum Gasteiger partial charge on any atom is -0.314 e. The first-order valence-corrected chi connectivity index (χ1v) is 8.47. The second-order valence-electron chi connectivity index (χ2n) is 5.65. The van der Waals surface area contributed by atoms with Crippen LogP contribution in [0.2, 0.25) is 0 Å². The van der Waals surface area contributed by atoms with E-state index in [0.717, 1.165) is 18.4 Å². The lowest BCUT2D eigenvalue weighted by Crippen LogP contribution is -2.40. The highest BCUT2D eigenvalue weighted by molar-refractivity contribution is 7.09. The lowest BCUT2D eigenvalue weighted by Gasteiger charge is -2.34. The van der Waals surface area contributed by atoms with Crippen molar-refractivity contribution in [2.75, 3.05) is 6.54 Å². The Kier molecular flexibility index (Phi) is 5.71. The van der Waals surface area contributed by atoms with E-state index in [0.29, 0.717) is 6.04 Å². The third-order valence-electron chi connectivity index (χ3n) is 4.44. The SMILES string of the molecule is CCNC(Cc1cccs1)C1CCCC(CC)C1. The number of nitrogens with one attached hydrogen (secondary N) is 1. The molecular formula is C16H27NS. The highest BCUT2D eigenvalue weighted by Crippen LogP contribution is 2.34. The Morgan fingerprint density at radius 2 is 2.28 bits per heavy atom. The number of thiophene rings is 1. The Labute approximate surface area is 116 Å². The maximum atomic E-state index is 3.74. The molecule has 1 saturated carbocycles. The molecule has 1 aromatic heterocycles. The van der Waals surface area contributed by atoms with Gasteiger partial charge in [-0.3, -0.25) is 0 Å². The molecule has 0 spiro atoms. The van der Waals surface area contributed by atoms with Crippen molar-refractivity contribution in [1.82, 2.24) is 5.32 Å². The largest absolute Gasteiger partial charge is 0.314 e. The van der Waals surface area contributed by atoms with Crippen LogP contribution in [0.4, 0.5) is 0 Å². The van der Waals surface area contributed by atoms with E-state index < -0.39 is 0 Å². The molecule has 18 heavy (non-hydrogen) atoms. The molecular weight excluding hydrogens is 238 g/mol. The van der Waals surface area contributed by atoms with Gasteiger partial charge < -0.3 is 5.32 Å². The highest BCUT2D eigenvalue weighted by atomic mass is 32.1. The topological polar surface area (TPSA) is 12.0 Å². The number of hydrogen-bond acceptors (Lipinski definition) is 2. The summed E-state index contributed by atoms with van der Waals surface area (Å²) in [5.74, 6) is 1.87. The highest BCUT2D eigenvalue weighted by Gasteiger charge is 2.27. The summed E-state index contributed by atoms with van der Waals surface area (Å²) < 4.78 is 0. The molecule has 1 aliphatic carbocycles. The summed E-state index contributed by atoms with van der Waals surface area (Å²) in [6.45, 7) is 5.69. The van der Waals surface area contributed by atoms with Crippen LogP contribution in [-0.2, 0) is 6.42 Å². The molecule has 0 aromatic carbocycles. The molecule has 2 rings (SSSR count). The Hall–Kier alpha value is -0.340. The third kappa shape index (κ3) is 3.83.